The molecule has 0 atom stereocenters. The zero-order valence-electron chi connectivity index (χ0n) is 14.2. The average Bonchev–Trinajstić information content (AvgIpc) is 2.68. The van der Waals surface area contributed by atoms with Crippen molar-refractivity contribution in [3.05, 3.63) is 72.8 Å². The van der Waals surface area contributed by atoms with Crippen molar-refractivity contribution in [1.82, 2.24) is 9.97 Å². The highest BCUT2D eigenvalue weighted by Crippen LogP contribution is 2.33. The quantitative estimate of drug-likeness (QED) is 0.559. The van der Waals surface area contributed by atoms with Crippen molar-refractivity contribution < 1.29 is 9.84 Å². The van der Waals surface area contributed by atoms with Crippen molar-refractivity contribution >= 4 is 22.4 Å². The fourth-order valence-corrected chi connectivity index (χ4v) is 2.83. The Balaban J connectivity index is 1.89. The summed E-state index contributed by atoms with van der Waals surface area (Å²) in [5.41, 5.74) is 2.18. The van der Waals surface area contributed by atoms with Gasteiger partial charge in [-0.25, -0.2) is 9.97 Å². The first kappa shape index (κ1) is 15.9. The third-order valence-electron chi connectivity index (χ3n) is 4.11. The van der Waals surface area contributed by atoms with Crippen LogP contribution < -0.4 is 10.1 Å². The number of benzene rings is 3. The molecule has 3 aromatic carbocycles. The van der Waals surface area contributed by atoms with Gasteiger partial charge < -0.3 is 15.2 Å². The third kappa shape index (κ3) is 2.91. The number of aromatic nitrogens is 2. The van der Waals surface area contributed by atoms with Crippen LogP contribution in [0, 0.1) is 0 Å². The number of fused-ring (bicyclic) bond motifs is 1. The Morgan fingerprint density at radius 3 is 2.42 bits per heavy atom. The number of nitrogens with one attached hydrogen (secondary N) is 1. The SMILES string of the molecule is COc1ccccc1Nc1nc(-c2ccccc2O)nc2ccccc12. The molecule has 0 aliphatic heterocycles. The molecule has 1 aromatic heterocycles. The van der Waals surface area contributed by atoms with Gasteiger partial charge in [-0.1, -0.05) is 36.4 Å². The lowest BCUT2D eigenvalue weighted by Crippen LogP contribution is -2.00. The summed E-state index contributed by atoms with van der Waals surface area (Å²) < 4.78 is 5.42. The number of aromatic hydroxyl groups is 1. The molecule has 5 heteroatoms. The van der Waals surface area contributed by atoms with Crippen LogP contribution in [0.15, 0.2) is 72.8 Å². The van der Waals surface area contributed by atoms with Gasteiger partial charge in [0.1, 0.15) is 17.3 Å². The average molecular weight is 343 g/mol. The minimum Gasteiger partial charge on any atom is -0.507 e. The lowest BCUT2D eigenvalue weighted by atomic mass is 10.1. The number of phenolic OH excluding ortho intramolecular Hbond substituents is 1. The van der Waals surface area contributed by atoms with Crippen LogP contribution in [0.3, 0.4) is 0 Å². The summed E-state index contributed by atoms with van der Waals surface area (Å²) in [6, 6.07) is 22.5. The van der Waals surface area contributed by atoms with Gasteiger partial charge in [0.15, 0.2) is 5.82 Å². The number of phenols is 1. The third-order valence-corrected chi connectivity index (χ3v) is 4.11. The van der Waals surface area contributed by atoms with Crippen LogP contribution in [0.5, 0.6) is 11.5 Å². The van der Waals surface area contributed by atoms with E-state index >= 15 is 0 Å². The Labute approximate surface area is 150 Å². The minimum atomic E-state index is 0.144. The lowest BCUT2D eigenvalue weighted by molar-refractivity contribution is 0.417. The second-order valence-corrected chi connectivity index (χ2v) is 5.76. The molecule has 4 aromatic rings. The summed E-state index contributed by atoms with van der Waals surface area (Å²) in [5, 5.41) is 14.4. The van der Waals surface area contributed by atoms with Crippen molar-refractivity contribution in [3.63, 3.8) is 0 Å². The highest BCUT2D eigenvalue weighted by Gasteiger charge is 2.13. The normalized spacial score (nSPS) is 10.7. The first-order valence-corrected chi connectivity index (χ1v) is 8.21. The second kappa shape index (κ2) is 6.72. The van der Waals surface area contributed by atoms with Crippen molar-refractivity contribution in [2.45, 2.75) is 0 Å². The van der Waals surface area contributed by atoms with Crippen molar-refractivity contribution in [3.8, 4) is 22.9 Å². The topological polar surface area (TPSA) is 67.3 Å². The van der Waals surface area contributed by atoms with Crippen LogP contribution in [0.2, 0.25) is 0 Å². The standard InChI is InChI=1S/C21H17N3O2/c1-26-19-13-7-5-11-17(19)23-20-14-8-2-4-10-16(14)22-21(24-20)15-9-3-6-12-18(15)25/h2-13,25H,1H3,(H,22,23,24). The first-order chi connectivity index (χ1) is 12.8. The van der Waals surface area contributed by atoms with Crippen molar-refractivity contribution in [2.24, 2.45) is 0 Å². The monoisotopic (exact) mass is 343 g/mol. The smallest absolute Gasteiger partial charge is 0.165 e. The van der Waals surface area contributed by atoms with Crippen LogP contribution in [-0.2, 0) is 0 Å². The molecule has 0 unspecified atom stereocenters. The Kier molecular flexibility index (Phi) is 4.11. The van der Waals surface area contributed by atoms with Crippen LogP contribution in [0.4, 0.5) is 11.5 Å². The molecule has 0 aliphatic rings. The van der Waals surface area contributed by atoms with Gasteiger partial charge in [0.05, 0.1) is 23.9 Å². The van der Waals surface area contributed by atoms with Crippen LogP contribution in [0.1, 0.15) is 0 Å². The van der Waals surface area contributed by atoms with Gasteiger partial charge in [-0.2, -0.15) is 0 Å². The summed E-state index contributed by atoms with van der Waals surface area (Å²) in [7, 11) is 1.63. The molecule has 0 saturated heterocycles. The number of rotatable bonds is 4. The molecule has 0 spiro atoms. The molecule has 5 nitrogen and oxygen atoms in total. The number of methoxy groups -OCH3 is 1. The van der Waals surface area contributed by atoms with Gasteiger partial charge >= 0.3 is 0 Å². The summed E-state index contributed by atoms with van der Waals surface area (Å²) in [5.74, 6) is 1.97. The molecule has 26 heavy (non-hydrogen) atoms. The molecular formula is C21H17N3O2. The van der Waals surface area contributed by atoms with Crippen LogP contribution in [0.25, 0.3) is 22.3 Å². The zero-order valence-corrected chi connectivity index (χ0v) is 14.2. The molecule has 0 aliphatic carbocycles. The van der Waals surface area contributed by atoms with Crippen LogP contribution in [-0.4, -0.2) is 22.2 Å². The highest BCUT2D eigenvalue weighted by atomic mass is 16.5. The summed E-state index contributed by atoms with van der Waals surface area (Å²) in [6.07, 6.45) is 0. The van der Waals surface area contributed by atoms with Gasteiger partial charge in [0.2, 0.25) is 0 Å². The Hall–Kier alpha value is -3.60. The number of para-hydroxylation sites is 4. The van der Waals surface area contributed by atoms with E-state index in [9.17, 15) is 5.11 Å². The maximum atomic E-state index is 10.2. The maximum absolute atomic E-state index is 10.2. The fourth-order valence-electron chi connectivity index (χ4n) is 2.83. The molecule has 0 amide bonds. The van der Waals surface area contributed by atoms with Gasteiger partial charge in [-0.3, -0.25) is 0 Å². The fraction of sp³-hybridized carbons (Fsp3) is 0.0476. The predicted molar refractivity (Wildman–Crippen MR) is 103 cm³/mol. The molecule has 0 radical (unpaired) electrons. The molecule has 2 N–H and O–H groups in total. The van der Waals surface area contributed by atoms with Gasteiger partial charge in [0, 0.05) is 5.39 Å². The van der Waals surface area contributed by atoms with Crippen molar-refractivity contribution in [2.75, 3.05) is 12.4 Å². The van der Waals surface area contributed by atoms with E-state index in [-0.39, 0.29) is 5.75 Å². The highest BCUT2D eigenvalue weighted by molar-refractivity contribution is 5.93. The van der Waals surface area contributed by atoms with E-state index in [4.69, 9.17) is 4.74 Å². The van der Waals surface area contributed by atoms with Gasteiger partial charge in [-0.15, -0.1) is 0 Å². The second-order valence-electron chi connectivity index (χ2n) is 5.76. The van der Waals surface area contributed by atoms with E-state index in [1.807, 2.05) is 54.6 Å². The molecule has 1 heterocycles. The van der Waals surface area contributed by atoms with E-state index in [0.717, 1.165) is 22.3 Å². The first-order valence-electron chi connectivity index (χ1n) is 8.21. The summed E-state index contributed by atoms with van der Waals surface area (Å²) in [4.78, 5) is 9.27. The maximum Gasteiger partial charge on any atom is 0.165 e. The Bertz CT molecular complexity index is 1080. The molecule has 0 bridgehead atoms. The predicted octanol–water partition coefficient (Wildman–Crippen LogP) is 4.75. The summed E-state index contributed by atoms with van der Waals surface area (Å²) >= 11 is 0. The number of ether oxygens (including phenoxy) is 1. The molecule has 4 rings (SSSR count). The molecule has 0 saturated carbocycles. The Morgan fingerprint density at radius 2 is 1.58 bits per heavy atom. The molecule has 128 valence electrons. The van der Waals surface area contributed by atoms with E-state index in [0.29, 0.717) is 17.2 Å². The molecule has 0 fully saturated rings. The van der Waals surface area contributed by atoms with Gasteiger partial charge in [0.25, 0.3) is 0 Å². The lowest BCUT2D eigenvalue weighted by Gasteiger charge is -2.13. The summed E-state index contributed by atoms with van der Waals surface area (Å²) in [6.45, 7) is 0. The number of anilines is 2. The number of hydrogen-bond donors (Lipinski definition) is 2. The largest absolute Gasteiger partial charge is 0.507 e. The van der Waals surface area contributed by atoms with Crippen LogP contribution >= 0.6 is 0 Å². The minimum absolute atomic E-state index is 0.144. The van der Waals surface area contributed by atoms with E-state index in [1.54, 1.807) is 25.3 Å². The Morgan fingerprint density at radius 1 is 0.846 bits per heavy atom. The van der Waals surface area contributed by atoms with E-state index < -0.39 is 0 Å². The molecular weight excluding hydrogens is 326 g/mol. The van der Waals surface area contributed by atoms with E-state index in [1.165, 1.54) is 0 Å². The number of hydrogen-bond acceptors (Lipinski definition) is 5. The van der Waals surface area contributed by atoms with Gasteiger partial charge in [-0.05, 0) is 36.4 Å². The zero-order chi connectivity index (χ0) is 17.9. The van der Waals surface area contributed by atoms with E-state index in [2.05, 4.69) is 15.3 Å². The number of nitrogens with zero attached hydrogens (tertiary/aromatic N) is 2. The van der Waals surface area contributed by atoms with Crippen molar-refractivity contribution in [1.29, 1.82) is 0 Å².